The average molecular weight is 191 g/mol. The summed E-state index contributed by atoms with van der Waals surface area (Å²) in [6, 6.07) is 0. The molecular formula is C11H13NS. The summed E-state index contributed by atoms with van der Waals surface area (Å²) in [6.07, 6.45) is 11.5. The Morgan fingerprint density at radius 1 is 1.38 bits per heavy atom. The van der Waals surface area contributed by atoms with Crippen LogP contribution in [0, 0.1) is 5.41 Å². The molecule has 1 fully saturated rings. The second-order valence-corrected chi connectivity index (χ2v) is 5.06. The van der Waals surface area contributed by atoms with Crippen LogP contribution < -0.4 is 5.32 Å². The largest absolute Gasteiger partial charge is 0.387 e. The highest BCUT2D eigenvalue weighted by molar-refractivity contribution is 8.02. The van der Waals surface area contributed by atoms with Crippen LogP contribution in [0.4, 0.5) is 0 Å². The van der Waals surface area contributed by atoms with Crippen molar-refractivity contribution in [3.05, 3.63) is 35.4 Å². The number of hydrogen-bond donors (Lipinski definition) is 1. The number of rotatable bonds is 0. The van der Waals surface area contributed by atoms with E-state index in [-0.39, 0.29) is 0 Å². The molecule has 1 nitrogen and oxygen atoms in total. The van der Waals surface area contributed by atoms with E-state index >= 15 is 0 Å². The first kappa shape index (κ1) is 7.74. The molecule has 0 bridgehead atoms. The van der Waals surface area contributed by atoms with E-state index < -0.39 is 0 Å². The maximum absolute atomic E-state index is 3.54. The molecule has 3 rings (SSSR count). The van der Waals surface area contributed by atoms with Crippen LogP contribution in [-0.2, 0) is 0 Å². The Morgan fingerprint density at radius 3 is 3.31 bits per heavy atom. The zero-order valence-electron chi connectivity index (χ0n) is 7.49. The van der Waals surface area contributed by atoms with Gasteiger partial charge in [0, 0.05) is 22.9 Å². The molecule has 2 unspecified atom stereocenters. The molecule has 68 valence electrons. The smallest absolute Gasteiger partial charge is 0.0378 e. The van der Waals surface area contributed by atoms with Crippen molar-refractivity contribution >= 4 is 11.8 Å². The van der Waals surface area contributed by atoms with Gasteiger partial charge >= 0.3 is 0 Å². The first-order chi connectivity index (χ1) is 6.42. The van der Waals surface area contributed by atoms with Gasteiger partial charge in [0.15, 0.2) is 0 Å². The fraction of sp³-hybridized carbons (Fsp3) is 0.455. The second kappa shape index (κ2) is 2.68. The van der Waals surface area contributed by atoms with Gasteiger partial charge in [-0.2, -0.15) is 0 Å². The van der Waals surface area contributed by atoms with Crippen molar-refractivity contribution in [3.63, 3.8) is 0 Å². The summed E-state index contributed by atoms with van der Waals surface area (Å²) in [5.74, 6) is 0. The van der Waals surface area contributed by atoms with E-state index in [4.69, 9.17) is 0 Å². The summed E-state index contributed by atoms with van der Waals surface area (Å²) in [7, 11) is 0. The fourth-order valence-corrected chi connectivity index (χ4v) is 3.72. The predicted octanol–water partition coefficient (Wildman–Crippen LogP) is 2.44. The molecule has 2 aliphatic heterocycles. The molecule has 2 atom stereocenters. The van der Waals surface area contributed by atoms with Crippen LogP contribution in [0.15, 0.2) is 35.4 Å². The lowest BCUT2D eigenvalue weighted by Crippen LogP contribution is -2.32. The van der Waals surface area contributed by atoms with Crippen LogP contribution in [0.25, 0.3) is 0 Å². The van der Waals surface area contributed by atoms with E-state index in [1.165, 1.54) is 18.5 Å². The molecule has 0 aromatic carbocycles. The highest BCUT2D eigenvalue weighted by Crippen LogP contribution is 2.51. The van der Waals surface area contributed by atoms with E-state index in [2.05, 4.69) is 35.0 Å². The van der Waals surface area contributed by atoms with E-state index in [1.54, 1.807) is 0 Å². The highest BCUT2D eigenvalue weighted by Gasteiger charge is 2.47. The summed E-state index contributed by atoms with van der Waals surface area (Å²) >= 11 is 1.99. The predicted molar refractivity (Wildman–Crippen MR) is 57.4 cm³/mol. The Labute approximate surface area is 83.0 Å². The van der Waals surface area contributed by atoms with Crippen molar-refractivity contribution in [1.82, 2.24) is 5.32 Å². The molecule has 0 aromatic heterocycles. The average Bonchev–Trinajstić information content (AvgIpc) is 2.56. The van der Waals surface area contributed by atoms with Crippen molar-refractivity contribution in [2.75, 3.05) is 6.54 Å². The zero-order valence-corrected chi connectivity index (χ0v) is 8.31. The van der Waals surface area contributed by atoms with Crippen LogP contribution in [-0.4, -0.2) is 11.8 Å². The van der Waals surface area contributed by atoms with Gasteiger partial charge < -0.3 is 5.32 Å². The Kier molecular flexibility index (Phi) is 1.59. The lowest BCUT2D eigenvalue weighted by atomic mass is 9.75. The summed E-state index contributed by atoms with van der Waals surface area (Å²) in [6.45, 7) is 1.14. The summed E-state index contributed by atoms with van der Waals surface area (Å²) in [5, 5.41) is 6.56. The lowest BCUT2D eigenvalue weighted by Gasteiger charge is -2.36. The molecule has 1 N–H and O–H groups in total. The van der Waals surface area contributed by atoms with Crippen LogP contribution in [0.3, 0.4) is 0 Å². The molecule has 3 aliphatic rings. The van der Waals surface area contributed by atoms with Gasteiger partial charge in [0.25, 0.3) is 0 Å². The van der Waals surface area contributed by atoms with Crippen LogP contribution in [0.2, 0.25) is 0 Å². The number of nitrogens with one attached hydrogen (secondary N) is 1. The minimum atomic E-state index is 0.425. The van der Waals surface area contributed by atoms with Crippen molar-refractivity contribution in [3.8, 4) is 0 Å². The Hall–Kier alpha value is -0.630. The van der Waals surface area contributed by atoms with Crippen LogP contribution in [0.1, 0.15) is 12.8 Å². The normalized spacial score (nSPS) is 40.6. The summed E-state index contributed by atoms with van der Waals surface area (Å²) < 4.78 is 0. The molecule has 1 saturated heterocycles. The van der Waals surface area contributed by atoms with E-state index in [0.29, 0.717) is 5.41 Å². The Balaban J connectivity index is 2.05. The van der Waals surface area contributed by atoms with Gasteiger partial charge in [0.2, 0.25) is 0 Å². The van der Waals surface area contributed by atoms with Gasteiger partial charge in [-0.25, -0.2) is 0 Å². The third-order valence-electron chi connectivity index (χ3n) is 3.33. The molecule has 1 aliphatic carbocycles. The third-order valence-corrected chi connectivity index (χ3v) is 4.63. The highest BCUT2D eigenvalue weighted by atomic mass is 32.2. The SMILES string of the molecule is C1=CCC23CC=CSC2CNC3=C1. The van der Waals surface area contributed by atoms with Crippen molar-refractivity contribution < 1.29 is 0 Å². The van der Waals surface area contributed by atoms with Gasteiger partial charge in [0.05, 0.1) is 0 Å². The zero-order chi connectivity index (χ0) is 8.73. The van der Waals surface area contributed by atoms with E-state index in [1.807, 2.05) is 11.8 Å². The quantitative estimate of drug-likeness (QED) is 0.631. The topological polar surface area (TPSA) is 12.0 Å². The molecule has 0 radical (unpaired) electrons. The number of hydrogen-bond acceptors (Lipinski definition) is 2. The first-order valence-electron chi connectivity index (χ1n) is 4.83. The molecule has 2 heterocycles. The van der Waals surface area contributed by atoms with Crippen LogP contribution >= 0.6 is 11.8 Å². The molecule has 0 amide bonds. The van der Waals surface area contributed by atoms with Gasteiger partial charge in [-0.05, 0) is 24.3 Å². The maximum atomic E-state index is 3.54. The minimum Gasteiger partial charge on any atom is -0.387 e. The van der Waals surface area contributed by atoms with Crippen molar-refractivity contribution in [2.45, 2.75) is 18.1 Å². The van der Waals surface area contributed by atoms with Gasteiger partial charge in [-0.1, -0.05) is 18.2 Å². The van der Waals surface area contributed by atoms with Crippen LogP contribution in [0.5, 0.6) is 0 Å². The number of thioether (sulfide) groups is 1. The molecular weight excluding hydrogens is 178 g/mol. The first-order valence-corrected chi connectivity index (χ1v) is 5.78. The molecule has 0 saturated carbocycles. The Bertz CT molecular complexity index is 316. The minimum absolute atomic E-state index is 0.425. The van der Waals surface area contributed by atoms with Crippen molar-refractivity contribution in [2.24, 2.45) is 5.41 Å². The fourth-order valence-electron chi connectivity index (χ4n) is 2.57. The molecule has 1 spiro atoms. The standard InChI is InChI=1S/C11H13NS/c1-2-5-11-6-3-7-13-10(11)8-12-9(11)4-1/h1-4,7,10,12H,5-6,8H2. The maximum Gasteiger partial charge on any atom is 0.0378 e. The molecule has 0 aromatic rings. The van der Waals surface area contributed by atoms with Crippen molar-refractivity contribution in [1.29, 1.82) is 0 Å². The van der Waals surface area contributed by atoms with E-state index in [9.17, 15) is 0 Å². The summed E-state index contributed by atoms with van der Waals surface area (Å²) in [5.41, 5.74) is 1.89. The molecule has 2 heteroatoms. The third kappa shape index (κ3) is 0.953. The Morgan fingerprint density at radius 2 is 2.31 bits per heavy atom. The van der Waals surface area contributed by atoms with E-state index in [0.717, 1.165) is 11.8 Å². The monoisotopic (exact) mass is 191 g/mol. The lowest BCUT2D eigenvalue weighted by molar-refractivity contribution is 0.385. The molecule has 13 heavy (non-hydrogen) atoms. The van der Waals surface area contributed by atoms with Gasteiger partial charge in [0.1, 0.15) is 0 Å². The van der Waals surface area contributed by atoms with Gasteiger partial charge in [-0.3, -0.25) is 0 Å². The van der Waals surface area contributed by atoms with Gasteiger partial charge in [-0.15, -0.1) is 11.8 Å². The second-order valence-electron chi connectivity index (χ2n) is 3.95. The number of allylic oxidation sites excluding steroid dienone is 5. The summed E-state index contributed by atoms with van der Waals surface area (Å²) in [4.78, 5) is 0.